The summed E-state index contributed by atoms with van der Waals surface area (Å²) in [5, 5.41) is 13.0. The van der Waals surface area contributed by atoms with Crippen molar-refractivity contribution in [3.63, 3.8) is 0 Å². The first-order valence-corrected chi connectivity index (χ1v) is 7.01. The van der Waals surface area contributed by atoms with Gasteiger partial charge in [0.15, 0.2) is 0 Å². The number of hydrogen-bond donors (Lipinski definition) is 2. The van der Waals surface area contributed by atoms with E-state index in [2.05, 4.69) is 12.2 Å². The molecule has 0 heterocycles. The summed E-state index contributed by atoms with van der Waals surface area (Å²) in [5.74, 6) is 0.984. The lowest BCUT2D eigenvalue weighted by molar-refractivity contribution is 0.317. The molecule has 0 saturated heterocycles. The highest BCUT2D eigenvalue weighted by molar-refractivity contribution is 6.32. The van der Waals surface area contributed by atoms with Crippen molar-refractivity contribution in [2.75, 3.05) is 11.9 Å². The molecule has 2 rings (SSSR count). The Morgan fingerprint density at radius 3 is 2.55 bits per heavy atom. The fourth-order valence-corrected chi connectivity index (χ4v) is 1.92. The summed E-state index contributed by atoms with van der Waals surface area (Å²) in [7, 11) is 0. The number of benzene rings is 2. The Morgan fingerprint density at radius 2 is 1.90 bits per heavy atom. The maximum absolute atomic E-state index is 9.36. The molecule has 2 N–H and O–H groups in total. The Morgan fingerprint density at radius 1 is 1.15 bits per heavy atom. The van der Waals surface area contributed by atoms with E-state index in [0.29, 0.717) is 11.6 Å². The summed E-state index contributed by atoms with van der Waals surface area (Å²) in [6.45, 7) is 3.51. The zero-order valence-electron chi connectivity index (χ0n) is 11.4. The van der Waals surface area contributed by atoms with Crippen LogP contribution in [0.25, 0.3) is 0 Å². The Balaban J connectivity index is 1.91. The second kappa shape index (κ2) is 7.06. The first-order valence-electron chi connectivity index (χ1n) is 6.63. The van der Waals surface area contributed by atoms with Gasteiger partial charge in [0.1, 0.15) is 11.5 Å². The van der Waals surface area contributed by atoms with Crippen molar-refractivity contribution in [2.45, 2.75) is 19.9 Å². The smallest absolute Gasteiger partial charge is 0.134 e. The van der Waals surface area contributed by atoms with Gasteiger partial charge in [0.25, 0.3) is 0 Å². The number of rotatable bonds is 6. The van der Waals surface area contributed by atoms with Gasteiger partial charge >= 0.3 is 0 Å². The van der Waals surface area contributed by atoms with Crippen LogP contribution < -0.4 is 10.1 Å². The maximum Gasteiger partial charge on any atom is 0.134 e. The molecule has 0 aliphatic heterocycles. The molecular weight excluding hydrogens is 274 g/mol. The molecule has 106 valence electrons. The normalized spacial score (nSPS) is 10.3. The largest absolute Gasteiger partial charge is 0.506 e. The molecule has 0 amide bonds. The van der Waals surface area contributed by atoms with Crippen molar-refractivity contribution in [3.05, 3.63) is 53.1 Å². The minimum absolute atomic E-state index is 0.0923. The van der Waals surface area contributed by atoms with E-state index in [4.69, 9.17) is 16.3 Å². The summed E-state index contributed by atoms with van der Waals surface area (Å²) in [5.41, 5.74) is 2.03. The number of aromatic hydroxyl groups is 1. The number of phenolic OH excluding ortho intramolecular Hbond substituents is 1. The summed E-state index contributed by atoms with van der Waals surface area (Å²) in [6.07, 6.45) is 1.00. The van der Waals surface area contributed by atoms with Crippen molar-refractivity contribution in [1.82, 2.24) is 0 Å². The van der Waals surface area contributed by atoms with Gasteiger partial charge in [0.05, 0.1) is 11.6 Å². The number of hydrogen-bond acceptors (Lipinski definition) is 3. The SMILES string of the molecule is CCCOc1ccc(CNc2ccc(O)c(Cl)c2)cc1. The molecule has 0 radical (unpaired) electrons. The fraction of sp³-hybridized carbons (Fsp3) is 0.250. The van der Waals surface area contributed by atoms with Crippen LogP contribution in [0, 0.1) is 0 Å². The maximum atomic E-state index is 9.36. The third-order valence-electron chi connectivity index (χ3n) is 2.84. The monoisotopic (exact) mass is 291 g/mol. The Kier molecular flexibility index (Phi) is 5.13. The average molecular weight is 292 g/mol. The van der Waals surface area contributed by atoms with E-state index in [9.17, 15) is 5.11 Å². The molecule has 0 fully saturated rings. The van der Waals surface area contributed by atoms with Crippen LogP contribution in [-0.2, 0) is 6.54 Å². The average Bonchev–Trinajstić information content (AvgIpc) is 2.47. The lowest BCUT2D eigenvalue weighted by Crippen LogP contribution is -2.00. The number of anilines is 1. The van der Waals surface area contributed by atoms with Gasteiger partial charge in [-0.15, -0.1) is 0 Å². The number of phenols is 1. The van der Waals surface area contributed by atoms with E-state index >= 15 is 0 Å². The summed E-state index contributed by atoms with van der Waals surface area (Å²) >= 11 is 5.86. The van der Waals surface area contributed by atoms with Gasteiger partial charge in [-0.1, -0.05) is 30.7 Å². The molecule has 2 aromatic carbocycles. The molecule has 3 nitrogen and oxygen atoms in total. The van der Waals surface area contributed by atoms with Crippen molar-refractivity contribution in [2.24, 2.45) is 0 Å². The van der Waals surface area contributed by atoms with Crippen LogP contribution in [0.2, 0.25) is 5.02 Å². The highest BCUT2D eigenvalue weighted by Crippen LogP contribution is 2.26. The van der Waals surface area contributed by atoms with Crippen molar-refractivity contribution in [1.29, 1.82) is 0 Å². The van der Waals surface area contributed by atoms with Gasteiger partial charge in [-0.2, -0.15) is 0 Å². The summed E-state index contributed by atoms with van der Waals surface area (Å²) in [4.78, 5) is 0. The van der Waals surface area contributed by atoms with E-state index in [-0.39, 0.29) is 5.75 Å². The van der Waals surface area contributed by atoms with Gasteiger partial charge in [-0.05, 0) is 42.3 Å². The van der Waals surface area contributed by atoms with E-state index in [1.165, 1.54) is 0 Å². The molecule has 0 aromatic heterocycles. The Labute approximate surface area is 124 Å². The molecule has 4 heteroatoms. The lowest BCUT2D eigenvalue weighted by atomic mass is 10.2. The predicted molar refractivity (Wildman–Crippen MR) is 82.7 cm³/mol. The quantitative estimate of drug-likeness (QED) is 0.773. The lowest BCUT2D eigenvalue weighted by Gasteiger charge is -2.09. The van der Waals surface area contributed by atoms with Gasteiger partial charge in [-0.25, -0.2) is 0 Å². The Bertz CT molecular complexity index is 555. The molecule has 2 aromatic rings. The van der Waals surface area contributed by atoms with E-state index < -0.39 is 0 Å². The third kappa shape index (κ3) is 4.07. The Hall–Kier alpha value is -1.87. The predicted octanol–water partition coefficient (Wildman–Crippen LogP) is 4.45. The van der Waals surface area contributed by atoms with E-state index in [1.54, 1.807) is 18.2 Å². The van der Waals surface area contributed by atoms with Crippen LogP contribution in [0.4, 0.5) is 5.69 Å². The third-order valence-corrected chi connectivity index (χ3v) is 3.14. The molecule has 0 atom stereocenters. The standard InChI is InChI=1S/C16H18ClNO2/c1-2-9-20-14-6-3-12(4-7-14)11-18-13-5-8-16(19)15(17)10-13/h3-8,10,18-19H,2,9,11H2,1H3. The molecule has 0 unspecified atom stereocenters. The second-order valence-corrected chi connectivity index (χ2v) is 4.92. The molecule has 0 aliphatic rings. The first-order chi connectivity index (χ1) is 9.69. The van der Waals surface area contributed by atoms with Gasteiger partial charge < -0.3 is 15.2 Å². The van der Waals surface area contributed by atoms with Crippen LogP contribution in [0.15, 0.2) is 42.5 Å². The van der Waals surface area contributed by atoms with Gasteiger partial charge in [0, 0.05) is 12.2 Å². The van der Waals surface area contributed by atoms with E-state index in [0.717, 1.165) is 30.0 Å². The number of halogens is 1. The van der Waals surface area contributed by atoms with Crippen molar-refractivity contribution < 1.29 is 9.84 Å². The molecular formula is C16H18ClNO2. The molecule has 0 aliphatic carbocycles. The summed E-state index contributed by atoms with van der Waals surface area (Å²) < 4.78 is 5.54. The molecule has 0 bridgehead atoms. The van der Waals surface area contributed by atoms with Crippen LogP contribution in [0.5, 0.6) is 11.5 Å². The zero-order chi connectivity index (χ0) is 14.4. The van der Waals surface area contributed by atoms with Gasteiger partial charge in [0.2, 0.25) is 0 Å². The number of nitrogens with one attached hydrogen (secondary N) is 1. The van der Waals surface area contributed by atoms with Crippen LogP contribution in [0.3, 0.4) is 0 Å². The zero-order valence-corrected chi connectivity index (χ0v) is 12.2. The highest BCUT2D eigenvalue weighted by atomic mass is 35.5. The second-order valence-electron chi connectivity index (χ2n) is 4.51. The fourth-order valence-electron chi connectivity index (χ4n) is 1.74. The van der Waals surface area contributed by atoms with Crippen molar-refractivity contribution >= 4 is 17.3 Å². The minimum atomic E-state index is 0.0923. The van der Waals surface area contributed by atoms with Crippen LogP contribution in [-0.4, -0.2) is 11.7 Å². The molecule has 0 saturated carbocycles. The first kappa shape index (κ1) is 14.5. The molecule has 0 spiro atoms. The highest BCUT2D eigenvalue weighted by Gasteiger charge is 2.00. The summed E-state index contributed by atoms with van der Waals surface area (Å²) in [6, 6.07) is 13.1. The molecule has 20 heavy (non-hydrogen) atoms. The van der Waals surface area contributed by atoms with Gasteiger partial charge in [-0.3, -0.25) is 0 Å². The van der Waals surface area contributed by atoms with Crippen LogP contribution in [0.1, 0.15) is 18.9 Å². The van der Waals surface area contributed by atoms with Crippen molar-refractivity contribution in [3.8, 4) is 11.5 Å². The number of ether oxygens (including phenoxy) is 1. The topological polar surface area (TPSA) is 41.5 Å². The minimum Gasteiger partial charge on any atom is -0.506 e. The van der Waals surface area contributed by atoms with Crippen LogP contribution >= 0.6 is 11.6 Å². The van der Waals surface area contributed by atoms with E-state index in [1.807, 2.05) is 24.3 Å².